The first-order valence-corrected chi connectivity index (χ1v) is 10.3. The highest BCUT2D eigenvalue weighted by Gasteiger charge is 2.22. The minimum Gasteiger partial charge on any atom is -0.341 e. The van der Waals surface area contributed by atoms with Crippen molar-refractivity contribution in [3.8, 4) is 0 Å². The Morgan fingerprint density at radius 2 is 1.73 bits per heavy atom. The zero-order chi connectivity index (χ0) is 17.9. The van der Waals surface area contributed by atoms with E-state index >= 15 is 0 Å². The predicted molar refractivity (Wildman–Crippen MR) is 112 cm³/mol. The third kappa shape index (κ3) is 3.15. The van der Waals surface area contributed by atoms with Crippen LogP contribution < -0.4 is 5.32 Å². The van der Waals surface area contributed by atoms with Crippen LogP contribution in [0.15, 0.2) is 42.5 Å². The third-order valence-electron chi connectivity index (χ3n) is 5.92. The van der Waals surface area contributed by atoms with Crippen LogP contribution in [0, 0.1) is 0 Å². The molecule has 1 aliphatic heterocycles. The lowest BCUT2D eigenvalue weighted by Crippen LogP contribution is -2.45. The van der Waals surface area contributed by atoms with E-state index in [2.05, 4.69) is 71.1 Å². The molecule has 3 nitrogen and oxygen atoms in total. The second-order valence-electron chi connectivity index (χ2n) is 7.48. The SMILES string of the molecule is CCCC[C@@H](c1ccc2c(c1)c1ccccc1n2CC)N1CCNCC1. The van der Waals surface area contributed by atoms with Gasteiger partial charge in [0, 0.05) is 60.6 Å². The molecule has 3 aromatic rings. The number of para-hydroxylation sites is 1. The lowest BCUT2D eigenvalue weighted by Gasteiger charge is -2.35. The van der Waals surface area contributed by atoms with Crippen LogP contribution in [0.25, 0.3) is 21.8 Å². The Morgan fingerprint density at radius 1 is 0.962 bits per heavy atom. The molecule has 0 amide bonds. The molecule has 0 spiro atoms. The average Bonchev–Trinajstić information content (AvgIpc) is 3.02. The van der Waals surface area contributed by atoms with Crippen LogP contribution in [0.5, 0.6) is 0 Å². The van der Waals surface area contributed by atoms with E-state index in [-0.39, 0.29) is 0 Å². The smallest absolute Gasteiger partial charge is 0.0491 e. The molecule has 1 aliphatic rings. The number of benzene rings is 2. The molecule has 138 valence electrons. The average molecular weight is 350 g/mol. The van der Waals surface area contributed by atoms with E-state index in [1.165, 1.54) is 46.6 Å². The summed E-state index contributed by atoms with van der Waals surface area (Å²) in [5.41, 5.74) is 4.22. The molecule has 1 N–H and O–H groups in total. The number of aromatic nitrogens is 1. The van der Waals surface area contributed by atoms with Gasteiger partial charge in [0.05, 0.1) is 0 Å². The van der Waals surface area contributed by atoms with Gasteiger partial charge in [0.2, 0.25) is 0 Å². The Morgan fingerprint density at radius 3 is 2.50 bits per heavy atom. The van der Waals surface area contributed by atoms with Crippen molar-refractivity contribution < 1.29 is 0 Å². The maximum Gasteiger partial charge on any atom is 0.0491 e. The molecule has 0 bridgehead atoms. The summed E-state index contributed by atoms with van der Waals surface area (Å²) in [6.45, 7) is 10.1. The van der Waals surface area contributed by atoms with Gasteiger partial charge in [-0.3, -0.25) is 4.90 Å². The Hall–Kier alpha value is -1.84. The van der Waals surface area contributed by atoms with Crippen molar-refractivity contribution in [3.63, 3.8) is 0 Å². The first kappa shape index (κ1) is 17.6. The van der Waals surface area contributed by atoms with Crippen LogP contribution >= 0.6 is 0 Å². The molecular weight excluding hydrogens is 318 g/mol. The second-order valence-corrected chi connectivity index (χ2v) is 7.48. The van der Waals surface area contributed by atoms with Crippen LogP contribution in [0.4, 0.5) is 0 Å². The maximum atomic E-state index is 3.50. The van der Waals surface area contributed by atoms with E-state index in [1.54, 1.807) is 0 Å². The summed E-state index contributed by atoms with van der Waals surface area (Å²) in [5.74, 6) is 0. The molecule has 1 atom stereocenters. The normalized spacial score (nSPS) is 17.2. The Balaban J connectivity index is 1.80. The van der Waals surface area contributed by atoms with E-state index in [1.807, 2.05) is 0 Å². The Bertz CT molecular complexity index is 874. The molecule has 2 aromatic carbocycles. The minimum absolute atomic E-state index is 0.546. The number of nitrogens with one attached hydrogen (secondary N) is 1. The predicted octanol–water partition coefficient (Wildman–Crippen LogP) is 4.95. The number of hydrogen-bond donors (Lipinski definition) is 1. The van der Waals surface area contributed by atoms with Crippen molar-refractivity contribution >= 4 is 21.8 Å². The number of rotatable bonds is 6. The number of hydrogen-bond acceptors (Lipinski definition) is 2. The number of nitrogens with zero attached hydrogens (tertiary/aromatic N) is 2. The van der Waals surface area contributed by atoms with Gasteiger partial charge in [-0.2, -0.15) is 0 Å². The summed E-state index contributed by atoms with van der Waals surface area (Å²) >= 11 is 0. The molecule has 0 radical (unpaired) electrons. The van der Waals surface area contributed by atoms with Crippen LogP contribution in [-0.4, -0.2) is 35.6 Å². The van der Waals surface area contributed by atoms with Gasteiger partial charge in [-0.05, 0) is 37.1 Å². The zero-order valence-electron chi connectivity index (χ0n) is 16.2. The molecule has 0 unspecified atom stereocenters. The maximum absolute atomic E-state index is 3.50. The topological polar surface area (TPSA) is 20.2 Å². The number of unbranched alkanes of at least 4 members (excludes halogenated alkanes) is 1. The first-order chi connectivity index (χ1) is 12.8. The Labute approximate surface area is 157 Å². The molecular formula is C23H31N3. The van der Waals surface area contributed by atoms with Crippen LogP contribution in [0.1, 0.15) is 44.7 Å². The fraction of sp³-hybridized carbons (Fsp3) is 0.478. The zero-order valence-corrected chi connectivity index (χ0v) is 16.2. The van der Waals surface area contributed by atoms with Gasteiger partial charge in [0.15, 0.2) is 0 Å². The van der Waals surface area contributed by atoms with Gasteiger partial charge in [-0.1, -0.05) is 44.0 Å². The van der Waals surface area contributed by atoms with Crippen LogP contribution in [-0.2, 0) is 6.54 Å². The monoisotopic (exact) mass is 349 g/mol. The summed E-state index contributed by atoms with van der Waals surface area (Å²) in [5, 5.41) is 6.30. The fourth-order valence-electron chi connectivity index (χ4n) is 4.57. The lowest BCUT2D eigenvalue weighted by atomic mass is 9.97. The first-order valence-electron chi connectivity index (χ1n) is 10.3. The van der Waals surface area contributed by atoms with Crippen molar-refractivity contribution in [2.75, 3.05) is 26.2 Å². The Kier molecular flexibility index (Phi) is 5.28. The van der Waals surface area contributed by atoms with Gasteiger partial charge >= 0.3 is 0 Å². The molecule has 1 fully saturated rings. The minimum atomic E-state index is 0.546. The van der Waals surface area contributed by atoms with Gasteiger partial charge in [-0.25, -0.2) is 0 Å². The summed E-state index contributed by atoms with van der Waals surface area (Å²) < 4.78 is 2.44. The number of piperazine rings is 1. The standard InChI is InChI=1S/C23H31N3/c1-3-5-9-21(25-15-13-24-14-16-25)18-11-12-23-20(17-18)19-8-6-7-10-22(19)26(23)4-2/h6-8,10-12,17,21,24H,3-5,9,13-16H2,1-2H3/t21-/m0/s1. The third-order valence-corrected chi connectivity index (χ3v) is 5.92. The van der Waals surface area contributed by atoms with Crippen LogP contribution in [0.3, 0.4) is 0 Å². The highest BCUT2D eigenvalue weighted by molar-refractivity contribution is 6.08. The lowest BCUT2D eigenvalue weighted by molar-refractivity contribution is 0.163. The van der Waals surface area contributed by atoms with Crippen molar-refractivity contribution in [2.45, 2.75) is 45.7 Å². The van der Waals surface area contributed by atoms with E-state index in [0.717, 1.165) is 32.7 Å². The fourth-order valence-corrected chi connectivity index (χ4v) is 4.57. The van der Waals surface area contributed by atoms with E-state index in [0.29, 0.717) is 6.04 Å². The van der Waals surface area contributed by atoms with Gasteiger partial charge < -0.3 is 9.88 Å². The van der Waals surface area contributed by atoms with Gasteiger partial charge in [-0.15, -0.1) is 0 Å². The van der Waals surface area contributed by atoms with Gasteiger partial charge in [0.1, 0.15) is 0 Å². The molecule has 0 saturated carbocycles. The van der Waals surface area contributed by atoms with E-state index < -0.39 is 0 Å². The quantitative estimate of drug-likeness (QED) is 0.679. The van der Waals surface area contributed by atoms with Crippen molar-refractivity contribution in [3.05, 3.63) is 48.0 Å². The second kappa shape index (κ2) is 7.81. The molecule has 3 heteroatoms. The van der Waals surface area contributed by atoms with E-state index in [4.69, 9.17) is 0 Å². The van der Waals surface area contributed by atoms with Crippen molar-refractivity contribution in [1.29, 1.82) is 0 Å². The van der Waals surface area contributed by atoms with Crippen molar-refractivity contribution in [1.82, 2.24) is 14.8 Å². The summed E-state index contributed by atoms with van der Waals surface area (Å²) in [4.78, 5) is 2.69. The largest absolute Gasteiger partial charge is 0.341 e. The molecule has 1 aromatic heterocycles. The molecule has 26 heavy (non-hydrogen) atoms. The van der Waals surface area contributed by atoms with Crippen molar-refractivity contribution in [2.24, 2.45) is 0 Å². The molecule has 4 rings (SSSR count). The number of aryl methyl sites for hydroxylation is 1. The van der Waals surface area contributed by atoms with Crippen LogP contribution in [0.2, 0.25) is 0 Å². The van der Waals surface area contributed by atoms with E-state index in [9.17, 15) is 0 Å². The summed E-state index contributed by atoms with van der Waals surface area (Å²) in [6, 6.07) is 16.6. The highest BCUT2D eigenvalue weighted by Crippen LogP contribution is 2.34. The highest BCUT2D eigenvalue weighted by atomic mass is 15.2. The molecule has 1 saturated heterocycles. The molecule has 0 aliphatic carbocycles. The summed E-state index contributed by atoms with van der Waals surface area (Å²) in [7, 11) is 0. The number of fused-ring (bicyclic) bond motifs is 3. The van der Waals surface area contributed by atoms with Gasteiger partial charge in [0.25, 0.3) is 0 Å². The summed E-state index contributed by atoms with van der Waals surface area (Å²) in [6.07, 6.45) is 3.82. The molecule has 2 heterocycles.